The number of hydrogen-bond donors (Lipinski definition) is 1. The van der Waals surface area contributed by atoms with Gasteiger partial charge in [0.25, 0.3) is 11.8 Å². The van der Waals surface area contributed by atoms with Crippen molar-refractivity contribution in [3.63, 3.8) is 0 Å². The van der Waals surface area contributed by atoms with Gasteiger partial charge in [-0.05, 0) is 52.2 Å². The molecule has 2 aromatic carbocycles. The second-order valence-electron chi connectivity index (χ2n) is 7.25. The third kappa shape index (κ3) is 5.58. The van der Waals surface area contributed by atoms with E-state index in [9.17, 15) is 9.59 Å². The highest BCUT2D eigenvalue weighted by atomic mass is 79.9. The van der Waals surface area contributed by atoms with Crippen molar-refractivity contribution in [2.45, 2.75) is 13.8 Å². The van der Waals surface area contributed by atoms with Crippen LogP contribution in [0.2, 0.25) is 0 Å². The van der Waals surface area contributed by atoms with Crippen LogP contribution in [0.4, 0.5) is 5.69 Å². The summed E-state index contributed by atoms with van der Waals surface area (Å²) in [6.07, 6.45) is 0. The first kappa shape index (κ1) is 21.3. The summed E-state index contributed by atoms with van der Waals surface area (Å²) in [7, 11) is 0. The lowest BCUT2D eigenvalue weighted by molar-refractivity contribution is 0.0303. The summed E-state index contributed by atoms with van der Waals surface area (Å²) >= 11 is 3.46. The zero-order valence-electron chi connectivity index (χ0n) is 16.6. The molecule has 1 heterocycles. The van der Waals surface area contributed by atoms with E-state index in [2.05, 4.69) is 35.1 Å². The maximum Gasteiger partial charge on any atom is 0.256 e. The molecular formula is C22H25BrN2O4. The molecule has 0 aliphatic carbocycles. The SMILES string of the molecule is CC(C)COc1ccc(C(=O)Nc2ccccc2C(=O)N2CCOCC2)cc1Br. The Morgan fingerprint density at radius 2 is 1.90 bits per heavy atom. The van der Waals surface area contributed by atoms with Crippen LogP contribution < -0.4 is 10.1 Å². The highest BCUT2D eigenvalue weighted by molar-refractivity contribution is 9.10. The molecule has 7 heteroatoms. The van der Waals surface area contributed by atoms with Crippen molar-refractivity contribution in [2.24, 2.45) is 5.92 Å². The molecule has 3 rings (SSSR count). The summed E-state index contributed by atoms with van der Waals surface area (Å²) in [5.74, 6) is 0.703. The van der Waals surface area contributed by atoms with E-state index in [1.807, 2.05) is 0 Å². The van der Waals surface area contributed by atoms with Gasteiger partial charge in [0.2, 0.25) is 0 Å². The Kier molecular flexibility index (Phi) is 7.28. The summed E-state index contributed by atoms with van der Waals surface area (Å²) in [4.78, 5) is 27.4. The first-order valence-corrected chi connectivity index (χ1v) is 10.4. The van der Waals surface area contributed by atoms with Gasteiger partial charge in [0.15, 0.2) is 0 Å². The Morgan fingerprint density at radius 3 is 2.59 bits per heavy atom. The molecule has 1 aliphatic rings. The standard InChI is InChI=1S/C22H25BrN2O4/c1-15(2)14-29-20-8-7-16(13-18(20)23)21(26)24-19-6-4-3-5-17(19)22(27)25-9-11-28-12-10-25/h3-8,13,15H,9-12,14H2,1-2H3,(H,24,26). The van der Waals surface area contributed by atoms with Crippen molar-refractivity contribution in [3.8, 4) is 5.75 Å². The quantitative estimate of drug-likeness (QED) is 0.700. The molecule has 0 radical (unpaired) electrons. The van der Waals surface area contributed by atoms with Gasteiger partial charge >= 0.3 is 0 Å². The van der Waals surface area contributed by atoms with E-state index in [0.717, 1.165) is 0 Å². The number of anilines is 1. The van der Waals surface area contributed by atoms with Crippen LogP contribution in [0, 0.1) is 5.92 Å². The fourth-order valence-electron chi connectivity index (χ4n) is 2.93. The van der Waals surface area contributed by atoms with Gasteiger partial charge in [-0.25, -0.2) is 0 Å². The van der Waals surface area contributed by atoms with Gasteiger partial charge in [-0.2, -0.15) is 0 Å². The van der Waals surface area contributed by atoms with Gasteiger partial charge in [-0.15, -0.1) is 0 Å². The normalized spacial score (nSPS) is 14.0. The number of rotatable bonds is 6. The van der Waals surface area contributed by atoms with Gasteiger partial charge in [0, 0.05) is 18.7 Å². The Bertz CT molecular complexity index is 879. The van der Waals surface area contributed by atoms with Crippen LogP contribution in [0.3, 0.4) is 0 Å². The lowest BCUT2D eigenvalue weighted by atomic mass is 10.1. The van der Waals surface area contributed by atoms with Crippen LogP contribution in [0.25, 0.3) is 0 Å². The number of nitrogens with one attached hydrogen (secondary N) is 1. The summed E-state index contributed by atoms with van der Waals surface area (Å²) in [6.45, 7) is 6.90. The first-order chi connectivity index (χ1) is 14.0. The van der Waals surface area contributed by atoms with E-state index in [0.29, 0.717) is 65.9 Å². The molecule has 1 fully saturated rings. The second-order valence-corrected chi connectivity index (χ2v) is 8.11. The number of hydrogen-bond acceptors (Lipinski definition) is 4. The fourth-order valence-corrected chi connectivity index (χ4v) is 3.42. The summed E-state index contributed by atoms with van der Waals surface area (Å²) in [5, 5.41) is 2.86. The van der Waals surface area contributed by atoms with Gasteiger partial charge in [0.05, 0.1) is 35.5 Å². The van der Waals surface area contributed by atoms with Gasteiger partial charge < -0.3 is 19.7 Å². The maximum atomic E-state index is 12.9. The molecule has 29 heavy (non-hydrogen) atoms. The average Bonchev–Trinajstić information content (AvgIpc) is 2.73. The van der Waals surface area contributed by atoms with Crippen molar-refractivity contribution in [1.29, 1.82) is 0 Å². The number of nitrogens with zero attached hydrogens (tertiary/aromatic N) is 1. The lowest BCUT2D eigenvalue weighted by Gasteiger charge is -2.27. The van der Waals surface area contributed by atoms with Crippen molar-refractivity contribution < 1.29 is 19.1 Å². The molecule has 0 bridgehead atoms. The Labute approximate surface area is 179 Å². The van der Waals surface area contributed by atoms with Crippen molar-refractivity contribution in [3.05, 3.63) is 58.1 Å². The van der Waals surface area contributed by atoms with Crippen molar-refractivity contribution in [1.82, 2.24) is 4.90 Å². The molecule has 0 spiro atoms. The topological polar surface area (TPSA) is 67.9 Å². The molecule has 1 aliphatic heterocycles. The van der Waals surface area contributed by atoms with E-state index < -0.39 is 0 Å². The van der Waals surface area contributed by atoms with Gasteiger partial charge in [-0.3, -0.25) is 9.59 Å². The summed E-state index contributed by atoms with van der Waals surface area (Å²) in [5.41, 5.74) is 1.44. The van der Waals surface area contributed by atoms with Gasteiger partial charge in [0.1, 0.15) is 5.75 Å². The Balaban J connectivity index is 1.74. The van der Waals surface area contributed by atoms with Gasteiger partial charge in [-0.1, -0.05) is 26.0 Å². The van der Waals surface area contributed by atoms with E-state index in [-0.39, 0.29) is 11.8 Å². The number of amides is 2. The largest absolute Gasteiger partial charge is 0.492 e. The third-order valence-corrected chi connectivity index (χ3v) is 5.09. The van der Waals surface area contributed by atoms with Crippen LogP contribution in [-0.2, 0) is 4.74 Å². The number of carbonyl (C=O) groups is 2. The van der Waals surface area contributed by atoms with E-state index in [1.54, 1.807) is 47.4 Å². The Morgan fingerprint density at radius 1 is 1.17 bits per heavy atom. The lowest BCUT2D eigenvalue weighted by Crippen LogP contribution is -2.41. The van der Waals surface area contributed by atoms with E-state index in [1.165, 1.54) is 0 Å². The molecule has 1 N–H and O–H groups in total. The summed E-state index contributed by atoms with van der Waals surface area (Å²) in [6, 6.07) is 12.3. The van der Waals surface area contributed by atoms with Crippen LogP contribution in [0.15, 0.2) is 46.9 Å². The van der Waals surface area contributed by atoms with Crippen LogP contribution in [0.1, 0.15) is 34.6 Å². The zero-order valence-corrected chi connectivity index (χ0v) is 18.2. The van der Waals surface area contributed by atoms with Crippen molar-refractivity contribution >= 4 is 33.4 Å². The van der Waals surface area contributed by atoms with Crippen molar-refractivity contribution in [2.75, 3.05) is 38.2 Å². The number of benzene rings is 2. The molecule has 2 amide bonds. The first-order valence-electron chi connectivity index (χ1n) is 9.65. The Hall–Kier alpha value is -2.38. The second kappa shape index (κ2) is 9.89. The van der Waals surface area contributed by atoms with Crippen LogP contribution >= 0.6 is 15.9 Å². The molecule has 0 unspecified atom stereocenters. The number of ether oxygens (including phenoxy) is 2. The van der Waals surface area contributed by atoms with Crippen LogP contribution in [0.5, 0.6) is 5.75 Å². The maximum absolute atomic E-state index is 12.9. The number of morpholine rings is 1. The number of carbonyl (C=O) groups excluding carboxylic acids is 2. The fraction of sp³-hybridized carbons (Fsp3) is 0.364. The monoisotopic (exact) mass is 460 g/mol. The van der Waals surface area contributed by atoms with E-state index >= 15 is 0 Å². The highest BCUT2D eigenvalue weighted by Gasteiger charge is 2.22. The zero-order chi connectivity index (χ0) is 20.8. The van der Waals surface area contributed by atoms with E-state index in [4.69, 9.17) is 9.47 Å². The minimum Gasteiger partial charge on any atom is -0.492 e. The smallest absolute Gasteiger partial charge is 0.256 e. The number of halogens is 1. The number of para-hydroxylation sites is 1. The molecule has 0 atom stereocenters. The highest BCUT2D eigenvalue weighted by Crippen LogP contribution is 2.27. The minimum absolute atomic E-state index is 0.109. The average molecular weight is 461 g/mol. The minimum atomic E-state index is -0.289. The molecule has 154 valence electrons. The molecule has 2 aromatic rings. The summed E-state index contributed by atoms with van der Waals surface area (Å²) < 4.78 is 11.8. The molecule has 0 aromatic heterocycles. The molecule has 0 saturated carbocycles. The third-order valence-electron chi connectivity index (χ3n) is 4.47. The predicted octanol–water partition coefficient (Wildman–Crippen LogP) is 4.21. The molecule has 6 nitrogen and oxygen atoms in total. The molecular weight excluding hydrogens is 436 g/mol. The van der Waals surface area contributed by atoms with Crippen LogP contribution in [-0.4, -0.2) is 49.6 Å². The molecule has 1 saturated heterocycles. The predicted molar refractivity (Wildman–Crippen MR) is 116 cm³/mol.